The minimum Gasteiger partial charge on any atom is -0.461 e. The highest BCUT2D eigenvalue weighted by atomic mass is 19.1. The van der Waals surface area contributed by atoms with Crippen LogP contribution in [0.3, 0.4) is 0 Å². The molecule has 0 saturated carbocycles. The van der Waals surface area contributed by atoms with Gasteiger partial charge in [-0.15, -0.1) is 0 Å². The van der Waals surface area contributed by atoms with E-state index >= 15 is 0 Å². The summed E-state index contributed by atoms with van der Waals surface area (Å²) >= 11 is 0. The quantitative estimate of drug-likeness (QED) is 0.619. The molecule has 0 spiro atoms. The Bertz CT molecular complexity index is 753. The van der Waals surface area contributed by atoms with Gasteiger partial charge in [-0.25, -0.2) is 9.18 Å². The number of carbonyl (C=O) groups excluding carboxylic acids is 3. The van der Waals surface area contributed by atoms with Gasteiger partial charge in [-0.2, -0.15) is 0 Å². The molecular weight excluding hydrogens is 339 g/mol. The van der Waals surface area contributed by atoms with Gasteiger partial charge in [0.05, 0.1) is 6.61 Å². The molecule has 2 aliphatic heterocycles. The largest absolute Gasteiger partial charge is 0.461 e. The Morgan fingerprint density at radius 3 is 2.58 bits per heavy atom. The van der Waals surface area contributed by atoms with Crippen LogP contribution in [-0.2, 0) is 19.1 Å². The fraction of sp³-hybridized carbons (Fsp3) is 0.526. The van der Waals surface area contributed by atoms with Gasteiger partial charge in [0.1, 0.15) is 23.7 Å². The number of carbonyl (C=O) groups is 3. The minimum atomic E-state index is -1.17. The highest BCUT2D eigenvalue weighted by Crippen LogP contribution is 2.45. The normalized spacial score (nSPS) is 30.6. The number of hydrogen-bond acceptors (Lipinski definition) is 4. The highest BCUT2D eigenvalue weighted by molar-refractivity contribution is 6.08. The number of halogens is 1. The van der Waals surface area contributed by atoms with Gasteiger partial charge in [0, 0.05) is 18.5 Å². The number of ether oxygens (including phenoxy) is 1. The molecule has 4 atom stereocenters. The number of nitrogens with two attached hydrogens (primary N) is 1. The van der Waals surface area contributed by atoms with Gasteiger partial charge in [-0.1, -0.05) is 19.1 Å². The molecule has 2 fully saturated rings. The topological polar surface area (TPSA) is 80.3 Å². The lowest BCUT2D eigenvalue weighted by Crippen LogP contribution is -2.98. The smallest absolute Gasteiger partial charge is 0.368 e. The van der Waals surface area contributed by atoms with Gasteiger partial charge in [-0.05, 0) is 26.0 Å². The van der Waals surface area contributed by atoms with E-state index in [9.17, 15) is 18.8 Å². The van der Waals surface area contributed by atoms with Crippen LogP contribution in [0.4, 0.5) is 4.39 Å². The van der Waals surface area contributed by atoms with Crippen LogP contribution in [-0.4, -0.2) is 41.4 Å². The van der Waals surface area contributed by atoms with Crippen molar-refractivity contribution < 1.29 is 28.8 Å². The number of rotatable bonds is 5. The lowest BCUT2D eigenvalue weighted by molar-refractivity contribution is -0.734. The predicted octanol–water partition coefficient (Wildman–Crippen LogP) is 0.777. The average molecular weight is 363 g/mol. The van der Waals surface area contributed by atoms with Crippen molar-refractivity contribution in [3.05, 3.63) is 35.6 Å². The van der Waals surface area contributed by atoms with Gasteiger partial charge in [0.2, 0.25) is 17.4 Å². The van der Waals surface area contributed by atoms with Crippen molar-refractivity contribution in [1.29, 1.82) is 0 Å². The zero-order valence-electron chi connectivity index (χ0n) is 15.2. The predicted molar refractivity (Wildman–Crippen MR) is 90.1 cm³/mol. The second-order valence-electron chi connectivity index (χ2n) is 6.79. The molecule has 2 amide bonds. The molecule has 2 N–H and O–H groups in total. The van der Waals surface area contributed by atoms with Crippen LogP contribution in [0.15, 0.2) is 24.3 Å². The van der Waals surface area contributed by atoms with Crippen LogP contribution in [0.1, 0.15) is 38.8 Å². The summed E-state index contributed by atoms with van der Waals surface area (Å²) in [7, 11) is 0. The molecule has 0 bridgehead atoms. The number of amides is 2. The monoisotopic (exact) mass is 363 g/mol. The third-order valence-electron chi connectivity index (χ3n) is 5.65. The molecular formula is C19H24FN2O4+. The minimum absolute atomic E-state index is 0.191. The van der Waals surface area contributed by atoms with Gasteiger partial charge in [-0.3, -0.25) is 14.5 Å². The van der Waals surface area contributed by atoms with Crippen molar-refractivity contribution in [3.63, 3.8) is 0 Å². The third-order valence-corrected chi connectivity index (χ3v) is 5.65. The standard InChI is InChI=1S/C19H23FN2O4/c1-4-19(18(25)26-6-3)14-13(16(23)22(5-2)17(14)24)15(21-19)11-8-7-9-12(20)10-11/h7-10,13-15,21H,4-6H2,1-3H3/p+1/t13-,14-,15-,19-/m0/s1. The van der Waals surface area contributed by atoms with Crippen molar-refractivity contribution >= 4 is 17.8 Å². The molecule has 0 unspecified atom stereocenters. The number of nitrogens with zero attached hydrogens (tertiary/aromatic N) is 1. The summed E-state index contributed by atoms with van der Waals surface area (Å²) in [4.78, 5) is 39.9. The van der Waals surface area contributed by atoms with Gasteiger partial charge in [0.25, 0.3) is 0 Å². The lowest BCUT2D eigenvalue weighted by atomic mass is 9.78. The van der Waals surface area contributed by atoms with Crippen LogP contribution in [0.25, 0.3) is 0 Å². The van der Waals surface area contributed by atoms with E-state index in [1.165, 1.54) is 17.0 Å². The Morgan fingerprint density at radius 2 is 2.00 bits per heavy atom. The molecule has 6 nitrogen and oxygen atoms in total. The van der Waals surface area contributed by atoms with Crippen molar-refractivity contribution in [1.82, 2.24) is 4.90 Å². The maximum absolute atomic E-state index is 13.8. The average Bonchev–Trinajstić information content (AvgIpc) is 3.10. The first-order valence-electron chi connectivity index (χ1n) is 9.05. The molecule has 3 rings (SSSR count). The van der Waals surface area contributed by atoms with E-state index in [4.69, 9.17) is 4.74 Å². The Labute approximate surface area is 151 Å². The number of benzene rings is 1. The summed E-state index contributed by atoms with van der Waals surface area (Å²) in [6.07, 6.45) is 0.343. The highest BCUT2D eigenvalue weighted by Gasteiger charge is 2.71. The first-order valence-corrected chi connectivity index (χ1v) is 9.05. The van der Waals surface area contributed by atoms with Gasteiger partial charge >= 0.3 is 5.97 Å². The molecule has 1 aromatic rings. The molecule has 0 aliphatic carbocycles. The van der Waals surface area contributed by atoms with Crippen molar-refractivity contribution in [3.8, 4) is 0 Å². The van der Waals surface area contributed by atoms with Crippen LogP contribution in [0.2, 0.25) is 0 Å². The van der Waals surface area contributed by atoms with Crippen molar-refractivity contribution in [2.24, 2.45) is 11.8 Å². The summed E-state index contributed by atoms with van der Waals surface area (Å²) in [5.74, 6) is -3.04. The molecule has 140 valence electrons. The fourth-order valence-corrected chi connectivity index (χ4v) is 4.45. The van der Waals surface area contributed by atoms with Crippen LogP contribution >= 0.6 is 0 Å². The zero-order valence-corrected chi connectivity index (χ0v) is 15.2. The number of hydrogen-bond donors (Lipinski definition) is 1. The Hall–Kier alpha value is -2.28. The van der Waals surface area contributed by atoms with Crippen LogP contribution in [0, 0.1) is 17.7 Å². The Balaban J connectivity index is 2.13. The van der Waals surface area contributed by atoms with Crippen molar-refractivity contribution in [2.75, 3.05) is 13.2 Å². The second kappa shape index (κ2) is 6.79. The number of likely N-dealkylation sites (tertiary alicyclic amines) is 1. The zero-order chi connectivity index (χ0) is 19.1. The van der Waals surface area contributed by atoms with E-state index in [0.717, 1.165) is 0 Å². The SMILES string of the molecule is CCOC(=O)[C@@]1(CC)[NH2+][C@@H](c2cccc(F)c2)[C@H]2C(=O)N(CC)C(=O)[C@H]21. The van der Waals surface area contributed by atoms with Gasteiger partial charge in [0.15, 0.2) is 0 Å². The molecule has 0 radical (unpaired) electrons. The third kappa shape index (κ3) is 2.53. The molecule has 2 aliphatic rings. The summed E-state index contributed by atoms with van der Waals surface area (Å²) in [5.41, 5.74) is -0.576. The first-order chi connectivity index (χ1) is 12.4. The second-order valence-corrected chi connectivity index (χ2v) is 6.79. The number of fused-ring (bicyclic) bond motifs is 1. The Kier molecular flexibility index (Phi) is 4.84. The summed E-state index contributed by atoms with van der Waals surface area (Å²) < 4.78 is 19.0. The Morgan fingerprint density at radius 1 is 1.27 bits per heavy atom. The molecule has 26 heavy (non-hydrogen) atoms. The lowest BCUT2D eigenvalue weighted by Gasteiger charge is -2.28. The summed E-state index contributed by atoms with van der Waals surface area (Å²) in [6, 6.07) is 5.48. The number of imide groups is 1. The number of esters is 1. The van der Waals surface area contributed by atoms with Gasteiger partial charge < -0.3 is 10.1 Å². The van der Waals surface area contributed by atoms with E-state index < -0.39 is 35.2 Å². The maximum atomic E-state index is 13.8. The fourth-order valence-electron chi connectivity index (χ4n) is 4.45. The van der Waals surface area contributed by atoms with E-state index in [2.05, 4.69) is 0 Å². The molecule has 7 heteroatoms. The van der Waals surface area contributed by atoms with Crippen molar-refractivity contribution in [2.45, 2.75) is 38.8 Å². The molecule has 2 saturated heterocycles. The van der Waals surface area contributed by atoms with E-state index in [1.807, 2.05) is 6.92 Å². The molecule has 0 aromatic heterocycles. The van der Waals surface area contributed by atoms with Crippen LogP contribution in [0.5, 0.6) is 0 Å². The first kappa shape index (κ1) is 18.5. The maximum Gasteiger partial charge on any atom is 0.368 e. The van der Waals surface area contributed by atoms with Crippen LogP contribution < -0.4 is 5.32 Å². The van der Waals surface area contributed by atoms with E-state index in [-0.39, 0.29) is 25.0 Å². The summed E-state index contributed by atoms with van der Waals surface area (Å²) in [5, 5.41) is 1.75. The number of quaternary nitrogens is 1. The van der Waals surface area contributed by atoms with E-state index in [0.29, 0.717) is 12.0 Å². The molecule has 2 heterocycles. The van der Waals surface area contributed by atoms with E-state index in [1.54, 1.807) is 31.3 Å². The summed E-state index contributed by atoms with van der Waals surface area (Å²) in [6.45, 7) is 5.69. The molecule has 1 aromatic carbocycles.